The van der Waals surface area contributed by atoms with E-state index in [4.69, 9.17) is 30.8 Å². The molecule has 1 amide bonds. The molecule has 2 heterocycles. The lowest BCUT2D eigenvalue weighted by Crippen LogP contribution is -2.24. The Morgan fingerprint density at radius 1 is 0.867 bits per heavy atom. The molecule has 224 valence electrons. The fourth-order valence-corrected chi connectivity index (χ4v) is 5.42. The second kappa shape index (κ2) is 13.3. The van der Waals surface area contributed by atoms with Crippen LogP contribution in [0.5, 0.6) is 17.2 Å². The lowest BCUT2D eigenvalue weighted by molar-refractivity contribution is -0.123. The maximum atomic E-state index is 12.4. The van der Waals surface area contributed by atoms with Gasteiger partial charge < -0.3 is 14.2 Å². The second-order valence-corrected chi connectivity index (χ2v) is 11.2. The van der Waals surface area contributed by atoms with E-state index < -0.39 is 5.91 Å². The van der Waals surface area contributed by atoms with Crippen LogP contribution in [0.2, 0.25) is 5.15 Å². The van der Waals surface area contributed by atoms with E-state index in [9.17, 15) is 4.79 Å². The molecule has 2 aromatic heterocycles. The SMILES string of the molecule is COc1cc2cc(C=NNC(=O)COc3ccc(-c4cc(-c5ccccc5)c5cc(Br)ccc5n4)cc3)c(Cl)nc2cc1OC. The zero-order valence-corrected chi connectivity index (χ0v) is 26.6. The van der Waals surface area contributed by atoms with Crippen LogP contribution in [0.3, 0.4) is 0 Å². The molecular formula is C35H26BrClN4O4. The van der Waals surface area contributed by atoms with Gasteiger partial charge in [0.2, 0.25) is 0 Å². The number of ether oxygens (including phenoxy) is 3. The molecule has 8 nitrogen and oxygen atoms in total. The molecule has 0 radical (unpaired) electrons. The molecule has 6 rings (SSSR count). The number of pyridine rings is 2. The van der Waals surface area contributed by atoms with E-state index in [1.807, 2.05) is 54.6 Å². The van der Waals surface area contributed by atoms with Gasteiger partial charge in [0, 0.05) is 32.4 Å². The maximum absolute atomic E-state index is 12.4. The van der Waals surface area contributed by atoms with Crippen LogP contribution in [0, 0.1) is 0 Å². The number of aromatic nitrogens is 2. The van der Waals surface area contributed by atoms with Crippen molar-refractivity contribution in [2.75, 3.05) is 20.8 Å². The van der Waals surface area contributed by atoms with Gasteiger partial charge in [-0.05, 0) is 71.8 Å². The highest BCUT2D eigenvalue weighted by Gasteiger charge is 2.12. The summed E-state index contributed by atoms with van der Waals surface area (Å²) in [4.78, 5) is 21.7. The lowest BCUT2D eigenvalue weighted by Gasteiger charge is -2.11. The number of hydrogen-bond acceptors (Lipinski definition) is 7. The van der Waals surface area contributed by atoms with E-state index in [0.717, 1.165) is 43.1 Å². The number of hydrogen-bond donors (Lipinski definition) is 1. The van der Waals surface area contributed by atoms with Gasteiger partial charge in [0.05, 0.1) is 37.2 Å². The van der Waals surface area contributed by atoms with Gasteiger partial charge in [-0.15, -0.1) is 0 Å². The van der Waals surface area contributed by atoms with Crippen molar-refractivity contribution < 1.29 is 19.0 Å². The molecule has 0 unspecified atom stereocenters. The van der Waals surface area contributed by atoms with Crippen molar-refractivity contribution in [2.45, 2.75) is 0 Å². The molecule has 4 aromatic carbocycles. The zero-order valence-electron chi connectivity index (χ0n) is 24.3. The van der Waals surface area contributed by atoms with E-state index in [-0.39, 0.29) is 11.8 Å². The van der Waals surface area contributed by atoms with Crippen LogP contribution < -0.4 is 19.6 Å². The molecule has 0 saturated carbocycles. The van der Waals surface area contributed by atoms with E-state index in [1.165, 1.54) is 6.21 Å². The predicted molar refractivity (Wildman–Crippen MR) is 181 cm³/mol. The molecule has 0 aliphatic heterocycles. The maximum Gasteiger partial charge on any atom is 0.277 e. The van der Waals surface area contributed by atoms with Gasteiger partial charge in [-0.1, -0.05) is 57.9 Å². The van der Waals surface area contributed by atoms with Crippen LogP contribution in [-0.4, -0.2) is 42.9 Å². The Hall–Kier alpha value is -4.99. The normalized spacial score (nSPS) is 11.2. The highest BCUT2D eigenvalue weighted by molar-refractivity contribution is 9.10. The van der Waals surface area contributed by atoms with E-state index >= 15 is 0 Å². The number of hydrazone groups is 1. The summed E-state index contributed by atoms with van der Waals surface area (Å²) in [5.74, 6) is 1.22. The minimum absolute atomic E-state index is 0.224. The van der Waals surface area contributed by atoms with Crippen molar-refractivity contribution in [3.8, 4) is 39.6 Å². The number of halogens is 2. The number of nitrogens with one attached hydrogen (secondary N) is 1. The Kier molecular flexibility index (Phi) is 8.91. The van der Waals surface area contributed by atoms with Crippen molar-refractivity contribution in [2.24, 2.45) is 5.10 Å². The molecule has 0 atom stereocenters. The van der Waals surface area contributed by atoms with Gasteiger partial charge in [0.25, 0.3) is 5.91 Å². The largest absolute Gasteiger partial charge is 0.493 e. The smallest absolute Gasteiger partial charge is 0.277 e. The Morgan fingerprint density at radius 3 is 2.38 bits per heavy atom. The van der Waals surface area contributed by atoms with Crippen molar-refractivity contribution in [3.63, 3.8) is 0 Å². The summed E-state index contributed by atoms with van der Waals surface area (Å²) in [7, 11) is 3.11. The first-order valence-electron chi connectivity index (χ1n) is 13.8. The molecule has 0 saturated heterocycles. The van der Waals surface area contributed by atoms with Gasteiger partial charge in [0.1, 0.15) is 10.9 Å². The Balaban J connectivity index is 1.12. The van der Waals surface area contributed by atoms with Gasteiger partial charge in [-0.3, -0.25) is 4.79 Å². The third-order valence-electron chi connectivity index (χ3n) is 7.07. The lowest BCUT2D eigenvalue weighted by atomic mass is 9.98. The van der Waals surface area contributed by atoms with Crippen LogP contribution in [0.4, 0.5) is 0 Å². The summed E-state index contributed by atoms with van der Waals surface area (Å²) >= 11 is 9.93. The summed E-state index contributed by atoms with van der Waals surface area (Å²) in [6.45, 7) is -0.224. The first kappa shape index (κ1) is 30.1. The summed E-state index contributed by atoms with van der Waals surface area (Å²) in [5, 5.41) is 6.09. The minimum Gasteiger partial charge on any atom is -0.493 e. The third-order valence-corrected chi connectivity index (χ3v) is 7.87. The first-order chi connectivity index (χ1) is 21.9. The molecule has 0 bridgehead atoms. The average Bonchev–Trinajstić information content (AvgIpc) is 3.07. The third kappa shape index (κ3) is 6.74. The van der Waals surface area contributed by atoms with Crippen LogP contribution >= 0.6 is 27.5 Å². The molecule has 6 aromatic rings. The van der Waals surface area contributed by atoms with E-state index in [2.05, 4.69) is 55.7 Å². The Bertz CT molecular complexity index is 2050. The topological polar surface area (TPSA) is 94.9 Å². The van der Waals surface area contributed by atoms with Gasteiger partial charge >= 0.3 is 0 Å². The highest BCUT2D eigenvalue weighted by atomic mass is 79.9. The molecule has 0 aliphatic rings. The first-order valence-corrected chi connectivity index (χ1v) is 15.0. The number of carbonyl (C=O) groups is 1. The molecule has 45 heavy (non-hydrogen) atoms. The van der Waals surface area contributed by atoms with Gasteiger partial charge in [-0.25, -0.2) is 15.4 Å². The van der Waals surface area contributed by atoms with Crippen molar-refractivity contribution >= 4 is 61.5 Å². The molecule has 0 spiro atoms. The summed E-state index contributed by atoms with van der Waals surface area (Å²) < 4.78 is 17.4. The molecule has 1 N–H and O–H groups in total. The standard InChI is InChI=1S/C35H26BrClN4O4/c1-43-32-15-23-14-24(35(37)40-31(23)18-33(32)44-2)19-38-41-34(42)20-45-26-11-8-22(9-12-26)30-17-27(21-6-4-3-5-7-21)28-16-25(36)10-13-29(28)39-30/h3-19H,20H2,1-2H3,(H,41,42). The number of amides is 1. The molecular weight excluding hydrogens is 656 g/mol. The molecule has 10 heteroatoms. The fourth-order valence-electron chi connectivity index (χ4n) is 4.86. The monoisotopic (exact) mass is 680 g/mol. The fraction of sp³-hybridized carbons (Fsp3) is 0.0857. The summed E-state index contributed by atoms with van der Waals surface area (Å²) in [6.07, 6.45) is 1.43. The average molecular weight is 682 g/mol. The van der Waals surface area contributed by atoms with Crippen LogP contribution in [-0.2, 0) is 4.79 Å². The number of rotatable bonds is 9. The van der Waals surface area contributed by atoms with Crippen molar-refractivity contribution in [3.05, 3.63) is 112 Å². The van der Waals surface area contributed by atoms with Crippen LogP contribution in [0.25, 0.3) is 44.2 Å². The molecule has 0 aliphatic carbocycles. The number of nitrogens with zero attached hydrogens (tertiary/aromatic N) is 3. The van der Waals surface area contributed by atoms with Crippen LogP contribution in [0.15, 0.2) is 107 Å². The van der Waals surface area contributed by atoms with Crippen molar-refractivity contribution in [1.82, 2.24) is 15.4 Å². The number of benzene rings is 4. The quantitative estimate of drug-likeness (QED) is 0.0942. The number of methoxy groups -OCH3 is 2. The highest BCUT2D eigenvalue weighted by Crippen LogP contribution is 2.35. The van der Waals surface area contributed by atoms with E-state index in [0.29, 0.717) is 28.3 Å². The van der Waals surface area contributed by atoms with Gasteiger partial charge in [-0.2, -0.15) is 5.10 Å². The summed E-state index contributed by atoms with van der Waals surface area (Å²) in [5.41, 5.74) is 8.48. The summed E-state index contributed by atoms with van der Waals surface area (Å²) in [6, 6.07) is 31.2. The van der Waals surface area contributed by atoms with Gasteiger partial charge in [0.15, 0.2) is 18.1 Å². The minimum atomic E-state index is -0.429. The Morgan fingerprint density at radius 2 is 1.62 bits per heavy atom. The van der Waals surface area contributed by atoms with Crippen molar-refractivity contribution in [1.29, 1.82) is 0 Å². The molecule has 0 fully saturated rings. The Labute approximate surface area is 272 Å². The predicted octanol–water partition coefficient (Wildman–Crippen LogP) is 8.08. The number of carbonyl (C=O) groups excluding carboxylic acids is 1. The number of fused-ring (bicyclic) bond motifs is 2. The van der Waals surface area contributed by atoms with Crippen LogP contribution in [0.1, 0.15) is 5.56 Å². The second-order valence-electron chi connectivity index (χ2n) is 9.96. The van der Waals surface area contributed by atoms with E-state index in [1.54, 1.807) is 32.4 Å². The zero-order chi connectivity index (χ0) is 31.3.